The Kier molecular flexibility index (Phi) is 5.28. The van der Waals surface area contributed by atoms with Crippen LogP contribution < -0.4 is 4.74 Å². The number of likely N-dealkylation sites (tertiary alicyclic amines) is 1. The Labute approximate surface area is 153 Å². The standard InChI is InChI=1S/C21H24FNO3/c1-21(2,25)12-11-15-7-9-16(10-8-15)20(24)23-13-17(14-23)26-19-6-4-3-5-18(19)22/h3-10,17,25H,11-14H2,1-2H3. The minimum Gasteiger partial charge on any atom is -0.484 e. The minimum atomic E-state index is -0.695. The highest BCUT2D eigenvalue weighted by molar-refractivity contribution is 5.94. The molecule has 1 heterocycles. The van der Waals surface area contributed by atoms with Crippen LogP contribution in [0.2, 0.25) is 0 Å². The molecule has 0 atom stereocenters. The van der Waals surface area contributed by atoms with Crippen LogP contribution in [-0.2, 0) is 6.42 Å². The van der Waals surface area contributed by atoms with E-state index in [0.29, 0.717) is 25.1 Å². The summed E-state index contributed by atoms with van der Waals surface area (Å²) in [5.41, 5.74) is 1.02. The van der Waals surface area contributed by atoms with Gasteiger partial charge in [-0.3, -0.25) is 4.79 Å². The Morgan fingerprint density at radius 3 is 2.46 bits per heavy atom. The van der Waals surface area contributed by atoms with Gasteiger partial charge in [0.1, 0.15) is 6.10 Å². The lowest BCUT2D eigenvalue weighted by atomic mass is 9.98. The van der Waals surface area contributed by atoms with E-state index in [9.17, 15) is 14.3 Å². The van der Waals surface area contributed by atoms with Crippen molar-refractivity contribution in [3.05, 3.63) is 65.5 Å². The lowest BCUT2D eigenvalue weighted by Gasteiger charge is -2.39. The maximum absolute atomic E-state index is 13.6. The summed E-state index contributed by atoms with van der Waals surface area (Å²) in [6, 6.07) is 13.8. The van der Waals surface area contributed by atoms with Gasteiger partial charge in [-0.25, -0.2) is 4.39 Å². The topological polar surface area (TPSA) is 49.8 Å². The first-order valence-corrected chi connectivity index (χ1v) is 8.83. The average molecular weight is 357 g/mol. The molecule has 0 saturated carbocycles. The molecular weight excluding hydrogens is 333 g/mol. The van der Waals surface area contributed by atoms with Crippen LogP contribution >= 0.6 is 0 Å². The molecule has 0 aromatic heterocycles. The van der Waals surface area contributed by atoms with Gasteiger partial charge in [-0.2, -0.15) is 0 Å². The molecule has 2 aromatic carbocycles. The predicted molar refractivity (Wildman–Crippen MR) is 97.8 cm³/mol. The minimum absolute atomic E-state index is 0.0487. The summed E-state index contributed by atoms with van der Waals surface area (Å²) in [6.45, 7) is 4.48. The van der Waals surface area contributed by atoms with Crippen LogP contribution in [0, 0.1) is 5.82 Å². The molecule has 26 heavy (non-hydrogen) atoms. The molecule has 0 spiro atoms. The van der Waals surface area contributed by atoms with Gasteiger partial charge in [0.05, 0.1) is 18.7 Å². The van der Waals surface area contributed by atoms with E-state index in [-0.39, 0.29) is 23.6 Å². The zero-order chi connectivity index (χ0) is 18.7. The number of hydrogen-bond acceptors (Lipinski definition) is 3. The van der Waals surface area contributed by atoms with E-state index in [2.05, 4.69) is 0 Å². The number of halogens is 1. The highest BCUT2D eigenvalue weighted by atomic mass is 19.1. The van der Waals surface area contributed by atoms with Gasteiger partial charge < -0.3 is 14.7 Å². The normalized spacial score (nSPS) is 14.8. The Balaban J connectivity index is 1.51. The molecule has 1 N–H and O–H groups in total. The van der Waals surface area contributed by atoms with E-state index in [0.717, 1.165) is 12.0 Å². The third-order valence-corrected chi connectivity index (χ3v) is 4.49. The molecule has 0 bridgehead atoms. The summed E-state index contributed by atoms with van der Waals surface area (Å²) >= 11 is 0. The first kappa shape index (κ1) is 18.4. The second-order valence-electron chi connectivity index (χ2n) is 7.39. The van der Waals surface area contributed by atoms with Crippen LogP contribution in [-0.4, -0.2) is 40.7 Å². The molecule has 0 aliphatic carbocycles. The predicted octanol–water partition coefficient (Wildman–Crippen LogP) is 3.43. The largest absolute Gasteiger partial charge is 0.484 e. The fourth-order valence-corrected chi connectivity index (χ4v) is 2.85. The van der Waals surface area contributed by atoms with E-state index >= 15 is 0 Å². The van der Waals surface area contributed by atoms with E-state index in [1.807, 2.05) is 24.3 Å². The molecule has 138 valence electrons. The molecule has 4 nitrogen and oxygen atoms in total. The zero-order valence-corrected chi connectivity index (χ0v) is 15.1. The molecule has 0 radical (unpaired) electrons. The molecular formula is C21H24FNO3. The van der Waals surface area contributed by atoms with Gasteiger partial charge in [-0.05, 0) is 56.5 Å². The summed E-state index contributed by atoms with van der Waals surface area (Å²) in [7, 11) is 0. The van der Waals surface area contributed by atoms with Gasteiger partial charge in [0, 0.05) is 5.56 Å². The highest BCUT2D eigenvalue weighted by Crippen LogP contribution is 2.22. The summed E-state index contributed by atoms with van der Waals surface area (Å²) in [5.74, 6) is -0.216. The monoisotopic (exact) mass is 357 g/mol. The summed E-state index contributed by atoms with van der Waals surface area (Å²) in [5, 5.41) is 9.79. The number of hydrogen-bond donors (Lipinski definition) is 1. The van der Waals surface area contributed by atoms with E-state index in [4.69, 9.17) is 4.74 Å². The molecule has 1 aliphatic heterocycles. The number of carbonyl (C=O) groups is 1. The van der Waals surface area contributed by atoms with Crippen molar-refractivity contribution in [3.8, 4) is 5.75 Å². The van der Waals surface area contributed by atoms with Gasteiger partial charge >= 0.3 is 0 Å². The molecule has 5 heteroatoms. The quantitative estimate of drug-likeness (QED) is 0.862. The smallest absolute Gasteiger partial charge is 0.254 e. The van der Waals surface area contributed by atoms with Crippen LogP contribution in [0.25, 0.3) is 0 Å². The van der Waals surface area contributed by atoms with Gasteiger partial charge in [0.15, 0.2) is 11.6 Å². The number of benzene rings is 2. The second-order valence-corrected chi connectivity index (χ2v) is 7.39. The second kappa shape index (κ2) is 7.46. The van der Waals surface area contributed by atoms with Crippen LogP contribution in [0.1, 0.15) is 36.2 Å². The van der Waals surface area contributed by atoms with Crippen LogP contribution in [0.15, 0.2) is 48.5 Å². The summed E-state index contributed by atoms with van der Waals surface area (Å²) in [4.78, 5) is 14.2. The molecule has 1 aliphatic rings. The van der Waals surface area contributed by atoms with Crippen LogP contribution in [0.3, 0.4) is 0 Å². The SMILES string of the molecule is CC(C)(O)CCc1ccc(C(=O)N2CC(Oc3ccccc3F)C2)cc1. The number of ether oxygens (including phenoxy) is 1. The van der Waals surface area contributed by atoms with Crippen molar-refractivity contribution in [2.45, 2.75) is 38.4 Å². The molecule has 1 fully saturated rings. The van der Waals surface area contributed by atoms with Crippen LogP contribution in [0.5, 0.6) is 5.75 Å². The van der Waals surface area contributed by atoms with Crippen molar-refractivity contribution in [3.63, 3.8) is 0 Å². The first-order chi connectivity index (χ1) is 12.3. The van der Waals surface area contributed by atoms with Gasteiger partial charge in [0.2, 0.25) is 0 Å². The van der Waals surface area contributed by atoms with Crippen molar-refractivity contribution in [2.24, 2.45) is 0 Å². The number of para-hydroxylation sites is 1. The Hall–Kier alpha value is -2.40. The molecule has 0 unspecified atom stereocenters. The number of nitrogens with zero attached hydrogens (tertiary/aromatic N) is 1. The Bertz CT molecular complexity index is 762. The lowest BCUT2D eigenvalue weighted by molar-refractivity contribution is 0.0164. The van der Waals surface area contributed by atoms with E-state index in [1.54, 1.807) is 36.9 Å². The Morgan fingerprint density at radius 2 is 1.85 bits per heavy atom. The maximum atomic E-state index is 13.6. The molecule has 1 amide bonds. The summed E-state index contributed by atoms with van der Waals surface area (Å²) in [6.07, 6.45) is 1.25. The molecule has 2 aromatic rings. The maximum Gasteiger partial charge on any atom is 0.254 e. The number of rotatable bonds is 6. The highest BCUT2D eigenvalue weighted by Gasteiger charge is 2.33. The third-order valence-electron chi connectivity index (χ3n) is 4.49. The van der Waals surface area contributed by atoms with Crippen molar-refractivity contribution < 1.29 is 19.0 Å². The van der Waals surface area contributed by atoms with Crippen molar-refractivity contribution in [1.82, 2.24) is 4.90 Å². The third kappa shape index (κ3) is 4.61. The fourth-order valence-electron chi connectivity index (χ4n) is 2.85. The average Bonchev–Trinajstić information content (AvgIpc) is 2.57. The first-order valence-electron chi connectivity index (χ1n) is 8.83. The van der Waals surface area contributed by atoms with E-state index < -0.39 is 5.60 Å². The van der Waals surface area contributed by atoms with Gasteiger partial charge in [0.25, 0.3) is 5.91 Å². The fraction of sp³-hybridized carbons (Fsp3) is 0.381. The van der Waals surface area contributed by atoms with Crippen molar-refractivity contribution in [1.29, 1.82) is 0 Å². The number of amides is 1. The van der Waals surface area contributed by atoms with Crippen LogP contribution in [0.4, 0.5) is 4.39 Å². The van der Waals surface area contributed by atoms with Gasteiger partial charge in [-0.15, -0.1) is 0 Å². The Morgan fingerprint density at radius 1 is 1.19 bits per heavy atom. The van der Waals surface area contributed by atoms with Crippen molar-refractivity contribution in [2.75, 3.05) is 13.1 Å². The summed E-state index contributed by atoms with van der Waals surface area (Å²) < 4.78 is 19.2. The number of aryl methyl sites for hydroxylation is 1. The molecule has 1 saturated heterocycles. The van der Waals surface area contributed by atoms with Gasteiger partial charge in [-0.1, -0.05) is 24.3 Å². The van der Waals surface area contributed by atoms with E-state index in [1.165, 1.54) is 6.07 Å². The zero-order valence-electron chi connectivity index (χ0n) is 15.1. The van der Waals surface area contributed by atoms with Crippen molar-refractivity contribution >= 4 is 5.91 Å². The lowest BCUT2D eigenvalue weighted by Crippen LogP contribution is -2.56. The number of aliphatic hydroxyl groups is 1. The number of carbonyl (C=O) groups excluding carboxylic acids is 1. The molecule has 3 rings (SSSR count).